The molecule has 200 valence electrons. The van der Waals surface area contributed by atoms with Crippen LogP contribution in [0.15, 0.2) is 78.9 Å². The van der Waals surface area contributed by atoms with E-state index in [1.165, 1.54) is 5.56 Å². The van der Waals surface area contributed by atoms with Crippen LogP contribution in [-0.4, -0.2) is 24.4 Å². The van der Waals surface area contributed by atoms with Gasteiger partial charge in [-0.3, -0.25) is 14.4 Å². The van der Waals surface area contributed by atoms with E-state index in [4.69, 9.17) is 9.47 Å². The van der Waals surface area contributed by atoms with Gasteiger partial charge in [0, 0.05) is 18.5 Å². The van der Waals surface area contributed by atoms with Crippen molar-refractivity contribution in [2.45, 2.75) is 58.4 Å². The van der Waals surface area contributed by atoms with Gasteiger partial charge in [-0.05, 0) is 66.3 Å². The summed E-state index contributed by atoms with van der Waals surface area (Å²) in [6.45, 7) is 8.00. The molecule has 0 aromatic heterocycles. The van der Waals surface area contributed by atoms with E-state index in [-0.39, 0.29) is 42.7 Å². The highest BCUT2D eigenvalue weighted by Crippen LogP contribution is 2.27. The molecule has 7 nitrogen and oxygen atoms in total. The minimum Gasteiger partial charge on any atom is -0.457 e. The lowest BCUT2D eigenvalue weighted by Crippen LogP contribution is -2.31. The van der Waals surface area contributed by atoms with E-state index in [9.17, 15) is 14.4 Å². The maximum absolute atomic E-state index is 12.2. The molecule has 0 fully saturated rings. The molecule has 1 atom stereocenters. The molecule has 0 spiro atoms. The number of amides is 2. The van der Waals surface area contributed by atoms with Crippen LogP contribution in [0.4, 0.5) is 5.69 Å². The maximum Gasteiger partial charge on any atom is 0.306 e. The number of ether oxygens (including phenoxy) is 2. The summed E-state index contributed by atoms with van der Waals surface area (Å²) in [5, 5.41) is 5.60. The SMILES string of the molecule is C[C@H](NC(=O)COC(=O)CCCC(=O)Nc1ccc(Oc2ccc(C(C)(C)C)cc2)cc1)c1ccccc1. The van der Waals surface area contributed by atoms with Crippen LogP contribution in [0.25, 0.3) is 0 Å². The fourth-order valence-corrected chi connectivity index (χ4v) is 3.71. The van der Waals surface area contributed by atoms with Crippen molar-refractivity contribution >= 4 is 23.5 Å². The van der Waals surface area contributed by atoms with Crippen molar-refractivity contribution in [3.8, 4) is 11.5 Å². The van der Waals surface area contributed by atoms with E-state index in [1.807, 2.05) is 49.4 Å². The lowest BCUT2D eigenvalue weighted by molar-refractivity contribution is -0.148. The second kappa shape index (κ2) is 13.4. The number of rotatable bonds is 11. The molecule has 0 aliphatic heterocycles. The van der Waals surface area contributed by atoms with Crippen molar-refractivity contribution in [1.29, 1.82) is 0 Å². The average Bonchev–Trinajstić information content (AvgIpc) is 2.89. The van der Waals surface area contributed by atoms with E-state index < -0.39 is 5.97 Å². The molecule has 0 radical (unpaired) electrons. The van der Waals surface area contributed by atoms with E-state index in [0.717, 1.165) is 11.3 Å². The number of carbonyl (C=O) groups excluding carboxylic acids is 3. The first-order valence-corrected chi connectivity index (χ1v) is 12.8. The lowest BCUT2D eigenvalue weighted by Gasteiger charge is -2.19. The summed E-state index contributed by atoms with van der Waals surface area (Å²) >= 11 is 0. The molecule has 0 saturated carbocycles. The Kier molecular flexibility index (Phi) is 10.0. The summed E-state index contributed by atoms with van der Waals surface area (Å²) in [6.07, 6.45) is 0.527. The monoisotopic (exact) mass is 516 g/mol. The summed E-state index contributed by atoms with van der Waals surface area (Å²) in [7, 11) is 0. The molecule has 0 unspecified atom stereocenters. The summed E-state index contributed by atoms with van der Waals surface area (Å²) in [6, 6.07) is 24.4. The summed E-state index contributed by atoms with van der Waals surface area (Å²) < 4.78 is 10.9. The Hall–Kier alpha value is -4.13. The van der Waals surface area contributed by atoms with Gasteiger partial charge in [-0.25, -0.2) is 0 Å². The average molecular weight is 517 g/mol. The van der Waals surface area contributed by atoms with Gasteiger partial charge in [0.1, 0.15) is 11.5 Å². The molecule has 3 rings (SSSR count). The highest BCUT2D eigenvalue weighted by Gasteiger charge is 2.14. The molecule has 2 N–H and O–H groups in total. The third-order valence-corrected chi connectivity index (χ3v) is 5.92. The molecule has 3 aromatic carbocycles. The number of anilines is 1. The Bertz CT molecular complexity index is 1200. The zero-order valence-electron chi connectivity index (χ0n) is 22.5. The predicted molar refractivity (Wildman–Crippen MR) is 148 cm³/mol. The molecule has 0 heterocycles. The number of benzene rings is 3. The van der Waals surface area contributed by atoms with Crippen molar-refractivity contribution in [3.63, 3.8) is 0 Å². The Balaban J connectivity index is 1.33. The molecule has 7 heteroatoms. The Morgan fingerprint density at radius 2 is 1.39 bits per heavy atom. The predicted octanol–water partition coefficient (Wildman–Crippen LogP) is 6.31. The lowest BCUT2D eigenvalue weighted by atomic mass is 9.87. The molecule has 0 bridgehead atoms. The largest absolute Gasteiger partial charge is 0.457 e. The molecule has 0 aliphatic carbocycles. The number of carbonyl (C=O) groups is 3. The fourth-order valence-electron chi connectivity index (χ4n) is 3.71. The number of esters is 1. The van der Waals surface area contributed by atoms with E-state index in [2.05, 4.69) is 43.5 Å². The Morgan fingerprint density at radius 3 is 2.00 bits per heavy atom. The molecule has 0 saturated heterocycles. The van der Waals surface area contributed by atoms with Crippen LogP contribution in [0.5, 0.6) is 11.5 Å². The summed E-state index contributed by atoms with van der Waals surface area (Å²) in [5.74, 6) is 0.305. The van der Waals surface area contributed by atoms with E-state index in [0.29, 0.717) is 17.9 Å². The Morgan fingerprint density at radius 1 is 0.789 bits per heavy atom. The van der Waals surface area contributed by atoms with Gasteiger partial charge < -0.3 is 20.1 Å². The normalized spacial score (nSPS) is 11.8. The van der Waals surface area contributed by atoms with Crippen molar-refractivity contribution in [1.82, 2.24) is 5.32 Å². The molecule has 0 aliphatic rings. The van der Waals surface area contributed by atoms with Crippen LogP contribution in [0, 0.1) is 0 Å². The molecular weight excluding hydrogens is 480 g/mol. The zero-order chi connectivity index (χ0) is 27.5. The standard InChI is InChI=1S/C31H36N2O5/c1-22(23-9-6-5-7-10-23)32-29(35)21-37-30(36)12-8-11-28(34)33-25-15-19-27(20-16-25)38-26-17-13-24(14-18-26)31(2,3)4/h5-7,9-10,13-20,22H,8,11-12,21H2,1-4H3,(H,32,35)(H,33,34)/t22-/m0/s1. The van der Waals surface area contributed by atoms with Gasteiger partial charge in [0.25, 0.3) is 5.91 Å². The van der Waals surface area contributed by atoms with Crippen LogP contribution in [0.2, 0.25) is 0 Å². The second-order valence-electron chi connectivity index (χ2n) is 10.2. The summed E-state index contributed by atoms with van der Waals surface area (Å²) in [5.41, 5.74) is 2.91. The first kappa shape index (κ1) is 28.4. The van der Waals surface area contributed by atoms with Crippen molar-refractivity contribution in [2.24, 2.45) is 0 Å². The third-order valence-electron chi connectivity index (χ3n) is 5.92. The van der Waals surface area contributed by atoms with E-state index in [1.54, 1.807) is 24.3 Å². The van der Waals surface area contributed by atoms with Crippen molar-refractivity contribution in [2.75, 3.05) is 11.9 Å². The van der Waals surface area contributed by atoms with Crippen LogP contribution < -0.4 is 15.4 Å². The van der Waals surface area contributed by atoms with Gasteiger partial charge in [-0.2, -0.15) is 0 Å². The first-order valence-electron chi connectivity index (χ1n) is 12.8. The summed E-state index contributed by atoms with van der Waals surface area (Å²) in [4.78, 5) is 36.2. The van der Waals surface area contributed by atoms with Crippen LogP contribution in [0.1, 0.15) is 64.1 Å². The number of hydrogen-bond donors (Lipinski definition) is 2. The van der Waals surface area contributed by atoms with Crippen LogP contribution in [-0.2, 0) is 24.5 Å². The van der Waals surface area contributed by atoms with Crippen molar-refractivity contribution < 1.29 is 23.9 Å². The molecule has 38 heavy (non-hydrogen) atoms. The topological polar surface area (TPSA) is 93.7 Å². The van der Waals surface area contributed by atoms with Gasteiger partial charge in [-0.15, -0.1) is 0 Å². The molecular formula is C31H36N2O5. The molecule has 2 amide bonds. The highest BCUT2D eigenvalue weighted by molar-refractivity contribution is 5.91. The quantitative estimate of drug-likeness (QED) is 0.292. The van der Waals surface area contributed by atoms with Crippen LogP contribution in [0.3, 0.4) is 0 Å². The number of hydrogen-bond acceptors (Lipinski definition) is 5. The second-order valence-corrected chi connectivity index (χ2v) is 10.2. The van der Waals surface area contributed by atoms with Gasteiger partial charge in [-0.1, -0.05) is 63.2 Å². The van der Waals surface area contributed by atoms with Crippen molar-refractivity contribution in [3.05, 3.63) is 90.0 Å². The van der Waals surface area contributed by atoms with E-state index >= 15 is 0 Å². The number of nitrogens with one attached hydrogen (secondary N) is 2. The van der Waals surface area contributed by atoms with Crippen LogP contribution >= 0.6 is 0 Å². The van der Waals surface area contributed by atoms with Gasteiger partial charge in [0.05, 0.1) is 6.04 Å². The zero-order valence-corrected chi connectivity index (χ0v) is 22.5. The minimum absolute atomic E-state index is 0.0513. The minimum atomic E-state index is -0.516. The maximum atomic E-state index is 12.2. The Labute approximate surface area is 224 Å². The highest BCUT2D eigenvalue weighted by atomic mass is 16.5. The molecule has 3 aromatic rings. The third kappa shape index (κ3) is 9.39. The van der Waals surface area contributed by atoms with Gasteiger partial charge >= 0.3 is 5.97 Å². The smallest absolute Gasteiger partial charge is 0.306 e. The van der Waals surface area contributed by atoms with Gasteiger partial charge in [0.15, 0.2) is 6.61 Å². The fraction of sp³-hybridized carbons (Fsp3) is 0.323. The van der Waals surface area contributed by atoms with Gasteiger partial charge in [0.2, 0.25) is 5.91 Å². The first-order chi connectivity index (χ1) is 18.1.